The van der Waals surface area contributed by atoms with Crippen LogP contribution in [0.2, 0.25) is 0 Å². The Morgan fingerprint density at radius 2 is 1.62 bits per heavy atom. The van der Waals surface area contributed by atoms with Crippen LogP contribution in [0.15, 0.2) is 116 Å². The zero-order valence-corrected chi connectivity index (χ0v) is 25.5. The summed E-state index contributed by atoms with van der Waals surface area (Å²) in [6.45, 7) is 2.63. The van der Waals surface area contributed by atoms with Gasteiger partial charge in [-0.1, -0.05) is 30.3 Å². The highest BCUT2D eigenvalue weighted by atomic mass is 16.7. The van der Waals surface area contributed by atoms with Crippen molar-refractivity contribution in [2.45, 2.75) is 25.9 Å². The molecule has 2 amide bonds. The number of pyridine rings is 2. The minimum Gasteiger partial charge on any atom is -0.508 e. The van der Waals surface area contributed by atoms with Gasteiger partial charge in [-0.05, 0) is 91.2 Å². The monoisotopic (exact) mass is 622 g/mol. The molecule has 1 atom stereocenters. The van der Waals surface area contributed by atoms with E-state index in [2.05, 4.69) is 24.0 Å². The second-order valence-electron chi connectivity index (χ2n) is 11.8. The number of phenols is 1. The summed E-state index contributed by atoms with van der Waals surface area (Å²) in [6, 6.07) is 29.3. The molecule has 3 aromatic carbocycles. The van der Waals surface area contributed by atoms with Crippen LogP contribution in [0.25, 0.3) is 16.8 Å². The largest absolute Gasteiger partial charge is 0.508 e. The highest BCUT2D eigenvalue weighted by Crippen LogP contribution is 2.42. The zero-order valence-electron chi connectivity index (χ0n) is 25.5. The molecule has 9 nitrogen and oxygen atoms in total. The van der Waals surface area contributed by atoms with Crippen molar-refractivity contribution in [2.24, 2.45) is 0 Å². The fraction of sp³-hybridized carbons (Fsp3) is 0.132. The van der Waals surface area contributed by atoms with Crippen molar-refractivity contribution in [1.82, 2.24) is 14.3 Å². The molecule has 8 rings (SSSR count). The summed E-state index contributed by atoms with van der Waals surface area (Å²) < 4.78 is 13.4. The number of aromatic hydroxyl groups is 1. The number of hydrogen-bond donors (Lipinski definition) is 1. The maximum absolute atomic E-state index is 14.6. The lowest BCUT2D eigenvalue weighted by Crippen LogP contribution is -2.42. The summed E-state index contributed by atoms with van der Waals surface area (Å²) in [5, 5.41) is 9.96. The third kappa shape index (κ3) is 4.93. The van der Waals surface area contributed by atoms with Gasteiger partial charge in [0.1, 0.15) is 5.75 Å². The number of phenolic OH excluding ortho intramolecular Hbond substituents is 1. The molecule has 0 fully saturated rings. The Labute approximate surface area is 270 Å². The first-order valence-corrected chi connectivity index (χ1v) is 15.4. The molecule has 0 spiro atoms. The Balaban J connectivity index is 1.27. The lowest BCUT2D eigenvalue weighted by atomic mass is 9.93. The van der Waals surface area contributed by atoms with Crippen molar-refractivity contribution >= 4 is 28.7 Å². The van der Waals surface area contributed by atoms with Crippen molar-refractivity contribution in [3.05, 3.63) is 138 Å². The van der Waals surface area contributed by atoms with Gasteiger partial charge in [0.05, 0.1) is 34.2 Å². The van der Waals surface area contributed by atoms with Crippen molar-refractivity contribution in [1.29, 1.82) is 0 Å². The van der Waals surface area contributed by atoms with E-state index in [-0.39, 0.29) is 30.4 Å². The van der Waals surface area contributed by atoms with Crippen LogP contribution < -0.4 is 14.4 Å². The zero-order chi connectivity index (χ0) is 32.1. The van der Waals surface area contributed by atoms with E-state index in [1.165, 1.54) is 5.56 Å². The van der Waals surface area contributed by atoms with E-state index < -0.39 is 0 Å². The highest BCUT2D eigenvalue weighted by Gasteiger charge is 2.32. The second-order valence-corrected chi connectivity index (χ2v) is 11.8. The fourth-order valence-corrected chi connectivity index (χ4v) is 6.56. The molecule has 47 heavy (non-hydrogen) atoms. The van der Waals surface area contributed by atoms with Gasteiger partial charge in [-0.3, -0.25) is 19.5 Å². The van der Waals surface area contributed by atoms with Gasteiger partial charge in [-0.2, -0.15) is 0 Å². The lowest BCUT2D eigenvalue weighted by Gasteiger charge is -2.35. The minimum atomic E-state index is -0.298. The molecule has 232 valence electrons. The van der Waals surface area contributed by atoms with Gasteiger partial charge >= 0.3 is 0 Å². The molecule has 0 aliphatic carbocycles. The van der Waals surface area contributed by atoms with E-state index >= 15 is 0 Å². The highest BCUT2D eigenvalue weighted by molar-refractivity contribution is 6.15. The smallest absolute Gasteiger partial charge is 0.265 e. The average molecular weight is 623 g/mol. The topological polar surface area (TPSA) is 96.6 Å². The number of ether oxygens (including phenoxy) is 2. The van der Waals surface area contributed by atoms with Gasteiger partial charge in [0.2, 0.25) is 6.79 Å². The first-order chi connectivity index (χ1) is 23.0. The number of hydrogen-bond acceptors (Lipinski definition) is 6. The summed E-state index contributed by atoms with van der Waals surface area (Å²) in [6.07, 6.45) is 5.91. The molecule has 6 aromatic rings. The summed E-state index contributed by atoms with van der Waals surface area (Å²) in [5.74, 6) is 0.715. The molecule has 0 saturated carbocycles. The van der Waals surface area contributed by atoms with Gasteiger partial charge in [-0.15, -0.1) is 0 Å². The quantitative estimate of drug-likeness (QED) is 0.222. The molecule has 5 heterocycles. The van der Waals surface area contributed by atoms with E-state index in [1.807, 2.05) is 64.0 Å². The second kappa shape index (κ2) is 11.4. The van der Waals surface area contributed by atoms with Gasteiger partial charge in [-0.25, -0.2) is 0 Å². The Bertz CT molecular complexity index is 2160. The van der Waals surface area contributed by atoms with Crippen LogP contribution in [-0.4, -0.2) is 44.0 Å². The Morgan fingerprint density at radius 1 is 0.851 bits per heavy atom. The predicted molar refractivity (Wildman–Crippen MR) is 177 cm³/mol. The summed E-state index contributed by atoms with van der Waals surface area (Å²) >= 11 is 0. The molecule has 3 aromatic heterocycles. The number of amides is 2. The maximum Gasteiger partial charge on any atom is 0.265 e. The van der Waals surface area contributed by atoms with Gasteiger partial charge in [0.15, 0.2) is 11.5 Å². The van der Waals surface area contributed by atoms with Gasteiger partial charge in [0, 0.05) is 36.2 Å². The lowest BCUT2D eigenvalue weighted by molar-refractivity contribution is 0.0658. The average Bonchev–Trinajstić information content (AvgIpc) is 3.73. The Kier molecular flexibility index (Phi) is 6.87. The number of carbonyl (C=O) groups is 2. The molecule has 2 aliphatic rings. The number of rotatable bonds is 5. The van der Waals surface area contributed by atoms with E-state index in [4.69, 9.17) is 9.47 Å². The van der Waals surface area contributed by atoms with Crippen LogP contribution in [-0.2, 0) is 13.0 Å². The van der Waals surface area contributed by atoms with E-state index in [9.17, 15) is 14.7 Å². The third-order valence-electron chi connectivity index (χ3n) is 8.91. The van der Waals surface area contributed by atoms with Crippen LogP contribution in [0.1, 0.15) is 38.8 Å². The molecule has 2 aliphatic heterocycles. The molecule has 0 saturated heterocycles. The molecule has 0 bridgehead atoms. The Hall–Kier alpha value is -6.09. The van der Waals surface area contributed by atoms with Crippen LogP contribution >= 0.6 is 0 Å². The van der Waals surface area contributed by atoms with E-state index in [1.54, 1.807) is 53.7 Å². The van der Waals surface area contributed by atoms with E-state index in [0.29, 0.717) is 57.3 Å². The molecular weight excluding hydrogens is 592 g/mol. The number of benzene rings is 3. The Morgan fingerprint density at radius 3 is 2.40 bits per heavy atom. The molecule has 9 heteroatoms. The van der Waals surface area contributed by atoms with Crippen molar-refractivity contribution in [2.75, 3.05) is 11.7 Å². The van der Waals surface area contributed by atoms with Crippen LogP contribution in [0.3, 0.4) is 0 Å². The maximum atomic E-state index is 14.6. The summed E-state index contributed by atoms with van der Waals surface area (Å²) in [4.78, 5) is 36.8. The third-order valence-corrected chi connectivity index (χ3v) is 8.91. The number of fused-ring (bicyclic) bond motifs is 3. The normalized spacial score (nSPS) is 15.0. The first kappa shape index (κ1) is 28.4. The summed E-state index contributed by atoms with van der Waals surface area (Å²) in [7, 11) is 0. The predicted octanol–water partition coefficient (Wildman–Crippen LogP) is 7.00. The van der Waals surface area contributed by atoms with Crippen molar-refractivity contribution in [3.63, 3.8) is 0 Å². The van der Waals surface area contributed by atoms with Crippen LogP contribution in [0.5, 0.6) is 17.2 Å². The molecule has 0 radical (unpaired) electrons. The van der Waals surface area contributed by atoms with E-state index in [0.717, 1.165) is 12.0 Å². The first-order valence-electron chi connectivity index (χ1n) is 15.4. The standard InChI is InChI=1S/C38H30N4O5/c1-24-17-25-7-2-3-8-26(25)22-41(24)37(44)31-20-36-35(46-23-47-36)19-30(31)34-18-32(33-10-4-5-16-40(33)34)38(45)42(28-9-6-15-39-21-28)27-11-13-29(43)14-12-27/h2-16,18-21,24,43H,17,22-23H2,1H3/t24-/m1/s1. The number of carbonyl (C=O) groups excluding carboxylic acids is 2. The number of anilines is 2. The minimum absolute atomic E-state index is 0.0183. The van der Waals surface area contributed by atoms with Crippen LogP contribution in [0.4, 0.5) is 11.4 Å². The molecule has 1 N–H and O–H groups in total. The van der Waals surface area contributed by atoms with Crippen molar-refractivity contribution < 1.29 is 24.2 Å². The van der Waals surface area contributed by atoms with Gasteiger partial charge in [0.25, 0.3) is 11.8 Å². The SMILES string of the molecule is C[C@@H]1Cc2ccccc2CN1C(=O)c1cc2c(cc1-c1cc(C(=O)N(c3ccc(O)cc3)c3cccnc3)c3ccccn13)OCO2. The summed E-state index contributed by atoms with van der Waals surface area (Å²) in [5.41, 5.74) is 6.36. The van der Waals surface area contributed by atoms with Crippen molar-refractivity contribution in [3.8, 4) is 28.5 Å². The molecule has 0 unspecified atom stereocenters. The number of nitrogens with zero attached hydrogens (tertiary/aromatic N) is 4. The van der Waals surface area contributed by atoms with Crippen LogP contribution in [0, 0.1) is 0 Å². The van der Waals surface area contributed by atoms with Gasteiger partial charge < -0.3 is 23.9 Å². The molecular formula is C38H30N4O5. The fourth-order valence-electron chi connectivity index (χ4n) is 6.56. The number of aromatic nitrogens is 2.